The molecule has 18 heavy (non-hydrogen) atoms. The molecule has 0 aliphatic heterocycles. The van der Waals surface area contributed by atoms with Gasteiger partial charge in [0.1, 0.15) is 0 Å². The molecule has 1 rings (SSSR count). The van der Waals surface area contributed by atoms with Crippen LogP contribution in [0.15, 0.2) is 6.07 Å². The van der Waals surface area contributed by atoms with Crippen LogP contribution in [0.3, 0.4) is 0 Å². The van der Waals surface area contributed by atoms with E-state index in [4.69, 9.17) is 5.73 Å². The van der Waals surface area contributed by atoms with Crippen molar-refractivity contribution in [2.24, 2.45) is 5.73 Å². The summed E-state index contributed by atoms with van der Waals surface area (Å²) < 4.78 is 0. The maximum absolute atomic E-state index is 12.4. The second-order valence-corrected chi connectivity index (χ2v) is 6.05. The fourth-order valence-electron chi connectivity index (χ4n) is 2.20. The first-order chi connectivity index (χ1) is 8.13. The Hall–Kier alpha value is -1.15. The Morgan fingerprint density at radius 3 is 1.94 bits per heavy atom. The molecule has 0 radical (unpaired) electrons. The zero-order valence-corrected chi connectivity index (χ0v) is 12.5. The molecule has 0 fully saturated rings. The smallest absolute Gasteiger partial charge is 0.163 e. The number of benzene rings is 1. The number of Topliss-reactive ketones (excluding diaryl/α,β-unsaturated/α-hetero) is 1. The molecular weight excluding hydrogens is 222 g/mol. The van der Waals surface area contributed by atoms with Crippen LogP contribution in [-0.2, 0) is 0 Å². The third kappa shape index (κ3) is 3.42. The van der Waals surface area contributed by atoms with Crippen LogP contribution in [0.4, 0.5) is 0 Å². The molecule has 2 heteroatoms. The van der Waals surface area contributed by atoms with Crippen LogP contribution >= 0.6 is 0 Å². The van der Waals surface area contributed by atoms with E-state index in [1.807, 2.05) is 27.7 Å². The molecular formula is C16H25NO. The third-order valence-electron chi connectivity index (χ3n) is 3.64. The summed E-state index contributed by atoms with van der Waals surface area (Å²) in [6, 6.07) is 2.15. The molecule has 2 nitrogen and oxygen atoms in total. The summed E-state index contributed by atoms with van der Waals surface area (Å²) in [6.45, 7) is 12.1. The predicted octanol–water partition coefficient (Wildman–Crippen LogP) is 3.62. The molecule has 0 atom stereocenters. The first-order valence-electron chi connectivity index (χ1n) is 6.53. The van der Waals surface area contributed by atoms with Gasteiger partial charge in [-0.1, -0.05) is 6.07 Å². The van der Waals surface area contributed by atoms with Gasteiger partial charge in [0.05, 0.1) is 0 Å². The van der Waals surface area contributed by atoms with Crippen molar-refractivity contribution in [1.82, 2.24) is 0 Å². The molecule has 2 N–H and O–H groups in total. The zero-order chi connectivity index (χ0) is 14.1. The van der Waals surface area contributed by atoms with E-state index in [9.17, 15) is 4.79 Å². The van der Waals surface area contributed by atoms with Crippen LogP contribution in [0.1, 0.15) is 59.3 Å². The largest absolute Gasteiger partial charge is 0.326 e. The molecule has 1 aromatic rings. The topological polar surface area (TPSA) is 43.1 Å². The summed E-state index contributed by atoms with van der Waals surface area (Å²) in [7, 11) is 0. The van der Waals surface area contributed by atoms with Crippen molar-refractivity contribution in [2.75, 3.05) is 0 Å². The van der Waals surface area contributed by atoms with E-state index >= 15 is 0 Å². The molecule has 0 aromatic heterocycles. The highest BCUT2D eigenvalue weighted by atomic mass is 16.1. The average molecular weight is 247 g/mol. The Balaban J connectivity index is 3.06. The monoisotopic (exact) mass is 247 g/mol. The quantitative estimate of drug-likeness (QED) is 0.826. The van der Waals surface area contributed by atoms with Crippen molar-refractivity contribution in [3.05, 3.63) is 33.9 Å². The van der Waals surface area contributed by atoms with Gasteiger partial charge in [-0.05, 0) is 70.2 Å². The molecule has 0 saturated heterocycles. The number of carbonyl (C=O) groups excluding carboxylic acids is 1. The van der Waals surface area contributed by atoms with Crippen molar-refractivity contribution < 1.29 is 4.79 Å². The number of carbonyl (C=O) groups is 1. The first kappa shape index (κ1) is 14.9. The molecule has 1 aromatic carbocycles. The van der Waals surface area contributed by atoms with Gasteiger partial charge in [0.15, 0.2) is 5.78 Å². The van der Waals surface area contributed by atoms with E-state index < -0.39 is 0 Å². The standard InChI is InChI=1S/C16H25NO/c1-10-9-11(2)13(4)15(12(10)3)14(18)7-8-16(5,6)17/h9H,7-8,17H2,1-6H3. The lowest BCUT2D eigenvalue weighted by Crippen LogP contribution is -2.32. The number of hydrogen-bond acceptors (Lipinski definition) is 2. The average Bonchev–Trinajstić information content (AvgIpc) is 2.23. The number of hydrogen-bond donors (Lipinski definition) is 1. The van der Waals surface area contributed by atoms with E-state index in [1.165, 1.54) is 11.1 Å². The van der Waals surface area contributed by atoms with Crippen LogP contribution in [0.2, 0.25) is 0 Å². The summed E-state index contributed by atoms with van der Waals surface area (Å²) in [4.78, 5) is 12.4. The predicted molar refractivity (Wildman–Crippen MR) is 77.2 cm³/mol. The van der Waals surface area contributed by atoms with E-state index in [0.29, 0.717) is 6.42 Å². The number of aryl methyl sites for hydroxylation is 2. The van der Waals surface area contributed by atoms with Crippen molar-refractivity contribution in [3.8, 4) is 0 Å². The summed E-state index contributed by atoms with van der Waals surface area (Å²) in [5.74, 6) is 0.218. The second-order valence-electron chi connectivity index (χ2n) is 6.05. The van der Waals surface area contributed by atoms with Gasteiger partial charge in [0.25, 0.3) is 0 Å². The number of nitrogens with two attached hydrogens (primary N) is 1. The summed E-state index contributed by atoms with van der Waals surface area (Å²) in [5, 5.41) is 0. The highest BCUT2D eigenvalue weighted by molar-refractivity contribution is 5.99. The highest BCUT2D eigenvalue weighted by Gasteiger charge is 2.18. The summed E-state index contributed by atoms with van der Waals surface area (Å²) in [6.07, 6.45) is 1.24. The van der Waals surface area contributed by atoms with E-state index in [2.05, 4.69) is 19.9 Å². The minimum Gasteiger partial charge on any atom is -0.326 e. The van der Waals surface area contributed by atoms with E-state index in [1.54, 1.807) is 0 Å². The Morgan fingerprint density at radius 1 is 1.11 bits per heavy atom. The maximum atomic E-state index is 12.4. The Morgan fingerprint density at radius 2 is 1.56 bits per heavy atom. The first-order valence-corrected chi connectivity index (χ1v) is 6.53. The minimum atomic E-state index is -0.281. The van der Waals surface area contributed by atoms with Gasteiger partial charge in [-0.15, -0.1) is 0 Å². The van der Waals surface area contributed by atoms with Crippen LogP contribution < -0.4 is 5.73 Å². The molecule has 100 valence electrons. The lowest BCUT2D eigenvalue weighted by molar-refractivity contribution is 0.0971. The number of ketones is 1. The van der Waals surface area contributed by atoms with Gasteiger partial charge in [-0.2, -0.15) is 0 Å². The van der Waals surface area contributed by atoms with Crippen molar-refractivity contribution in [1.29, 1.82) is 0 Å². The SMILES string of the molecule is Cc1cc(C)c(C)c(C(=O)CCC(C)(C)N)c1C. The molecule has 0 spiro atoms. The third-order valence-corrected chi connectivity index (χ3v) is 3.64. The highest BCUT2D eigenvalue weighted by Crippen LogP contribution is 2.24. The molecule has 0 unspecified atom stereocenters. The van der Waals surface area contributed by atoms with E-state index in [0.717, 1.165) is 23.1 Å². The fourth-order valence-corrected chi connectivity index (χ4v) is 2.20. The lowest BCUT2D eigenvalue weighted by atomic mass is 9.88. The number of rotatable bonds is 4. The van der Waals surface area contributed by atoms with Crippen molar-refractivity contribution >= 4 is 5.78 Å². The van der Waals surface area contributed by atoms with Gasteiger partial charge in [0.2, 0.25) is 0 Å². The summed E-state index contributed by atoms with van der Waals surface area (Å²) >= 11 is 0. The van der Waals surface area contributed by atoms with Crippen molar-refractivity contribution in [2.45, 2.75) is 59.9 Å². The Bertz CT molecular complexity index is 441. The Kier molecular flexibility index (Phi) is 4.33. The molecule has 0 saturated carbocycles. The second kappa shape index (κ2) is 5.23. The van der Waals surface area contributed by atoms with Crippen LogP contribution in [0.5, 0.6) is 0 Å². The van der Waals surface area contributed by atoms with Crippen LogP contribution in [0.25, 0.3) is 0 Å². The fraction of sp³-hybridized carbons (Fsp3) is 0.562. The Labute approximate surface area is 111 Å². The minimum absolute atomic E-state index is 0.218. The molecule has 0 bridgehead atoms. The normalized spacial score (nSPS) is 11.7. The maximum Gasteiger partial charge on any atom is 0.163 e. The van der Waals surface area contributed by atoms with Gasteiger partial charge in [0, 0.05) is 17.5 Å². The van der Waals surface area contributed by atoms with Gasteiger partial charge in [-0.3, -0.25) is 4.79 Å². The van der Waals surface area contributed by atoms with Crippen molar-refractivity contribution in [3.63, 3.8) is 0 Å². The lowest BCUT2D eigenvalue weighted by Gasteiger charge is -2.19. The zero-order valence-electron chi connectivity index (χ0n) is 12.5. The molecule has 0 amide bonds. The van der Waals surface area contributed by atoms with Crippen LogP contribution in [-0.4, -0.2) is 11.3 Å². The van der Waals surface area contributed by atoms with Gasteiger partial charge < -0.3 is 5.73 Å². The molecule has 0 heterocycles. The van der Waals surface area contributed by atoms with E-state index in [-0.39, 0.29) is 11.3 Å². The van der Waals surface area contributed by atoms with Crippen LogP contribution in [0, 0.1) is 27.7 Å². The van der Waals surface area contributed by atoms with Gasteiger partial charge >= 0.3 is 0 Å². The summed E-state index contributed by atoms with van der Waals surface area (Å²) in [5.41, 5.74) is 11.2. The van der Waals surface area contributed by atoms with Gasteiger partial charge in [-0.25, -0.2) is 0 Å². The molecule has 0 aliphatic rings. The molecule has 0 aliphatic carbocycles.